The van der Waals surface area contributed by atoms with E-state index in [1.807, 2.05) is 13.8 Å². The van der Waals surface area contributed by atoms with Gasteiger partial charge in [0.25, 0.3) is 0 Å². The Morgan fingerprint density at radius 1 is 1.16 bits per heavy atom. The van der Waals surface area contributed by atoms with Crippen LogP contribution in [0.5, 0.6) is 0 Å². The van der Waals surface area contributed by atoms with Gasteiger partial charge in [-0.2, -0.15) is 13.2 Å². The van der Waals surface area contributed by atoms with Crippen molar-refractivity contribution >= 4 is 12.0 Å². The Balaban J connectivity index is 2.87. The average molecular weight is 360 g/mol. The topological polar surface area (TPSA) is 69.6 Å². The van der Waals surface area contributed by atoms with E-state index >= 15 is 0 Å². The van der Waals surface area contributed by atoms with Crippen molar-refractivity contribution in [3.05, 3.63) is 35.4 Å². The van der Waals surface area contributed by atoms with E-state index in [0.29, 0.717) is 5.56 Å². The SMILES string of the molecule is CC(CN(C)C(=O)NC(c1ccc(C(F)(F)F)cc1)C(C)C)C(=O)O. The van der Waals surface area contributed by atoms with Crippen molar-refractivity contribution in [3.63, 3.8) is 0 Å². The van der Waals surface area contributed by atoms with E-state index in [4.69, 9.17) is 5.11 Å². The standard InChI is InChI=1S/C17H23F3N2O3/c1-10(2)14(12-5-7-13(8-6-12)17(18,19)20)21-16(25)22(4)9-11(3)15(23)24/h5-8,10-11,14H,9H2,1-4H3,(H,21,25)(H,23,24). The van der Waals surface area contributed by atoms with E-state index in [2.05, 4.69) is 5.32 Å². The predicted octanol–water partition coefficient (Wildman–Crippen LogP) is 3.76. The monoisotopic (exact) mass is 360 g/mol. The van der Waals surface area contributed by atoms with Gasteiger partial charge in [0.2, 0.25) is 0 Å². The van der Waals surface area contributed by atoms with Crippen molar-refractivity contribution in [2.45, 2.75) is 33.0 Å². The van der Waals surface area contributed by atoms with Crippen LogP contribution in [0.4, 0.5) is 18.0 Å². The third-order valence-corrected chi connectivity index (χ3v) is 3.86. The molecule has 0 fully saturated rings. The summed E-state index contributed by atoms with van der Waals surface area (Å²) < 4.78 is 38.0. The van der Waals surface area contributed by atoms with Crippen molar-refractivity contribution in [2.75, 3.05) is 13.6 Å². The second kappa shape index (κ2) is 8.22. The molecule has 0 bridgehead atoms. The summed E-state index contributed by atoms with van der Waals surface area (Å²) >= 11 is 0. The fourth-order valence-electron chi connectivity index (χ4n) is 2.33. The van der Waals surface area contributed by atoms with Gasteiger partial charge in [0.15, 0.2) is 0 Å². The lowest BCUT2D eigenvalue weighted by Crippen LogP contribution is -2.43. The molecule has 1 aromatic rings. The number of carboxylic acids is 1. The second-order valence-corrected chi connectivity index (χ2v) is 6.41. The maximum Gasteiger partial charge on any atom is 0.416 e. The molecule has 25 heavy (non-hydrogen) atoms. The molecular formula is C17H23F3N2O3. The van der Waals surface area contributed by atoms with E-state index in [0.717, 1.165) is 12.1 Å². The van der Waals surface area contributed by atoms with Gasteiger partial charge in [-0.15, -0.1) is 0 Å². The van der Waals surface area contributed by atoms with Crippen LogP contribution in [-0.4, -0.2) is 35.6 Å². The number of urea groups is 1. The molecule has 0 aromatic heterocycles. The van der Waals surface area contributed by atoms with Gasteiger partial charge in [-0.1, -0.05) is 32.9 Å². The fourth-order valence-corrected chi connectivity index (χ4v) is 2.33. The fraction of sp³-hybridized carbons (Fsp3) is 0.529. The van der Waals surface area contributed by atoms with Crippen LogP contribution < -0.4 is 5.32 Å². The number of carbonyl (C=O) groups is 2. The van der Waals surface area contributed by atoms with E-state index in [1.54, 1.807) is 0 Å². The zero-order valence-electron chi connectivity index (χ0n) is 14.6. The van der Waals surface area contributed by atoms with Crippen molar-refractivity contribution in [1.82, 2.24) is 10.2 Å². The van der Waals surface area contributed by atoms with E-state index in [1.165, 1.54) is 31.0 Å². The molecule has 0 radical (unpaired) electrons. The first-order valence-corrected chi connectivity index (χ1v) is 7.85. The summed E-state index contributed by atoms with van der Waals surface area (Å²) in [6.07, 6.45) is -4.41. The molecule has 2 unspecified atom stereocenters. The number of benzene rings is 1. The Morgan fingerprint density at radius 2 is 1.68 bits per heavy atom. The molecule has 2 amide bonds. The first-order chi connectivity index (χ1) is 11.4. The maximum atomic E-state index is 12.7. The quantitative estimate of drug-likeness (QED) is 0.811. The van der Waals surface area contributed by atoms with Gasteiger partial charge in [-0.3, -0.25) is 4.79 Å². The third kappa shape index (κ3) is 5.95. The Kier molecular flexibility index (Phi) is 6.84. The molecule has 0 spiro atoms. The number of nitrogens with zero attached hydrogens (tertiary/aromatic N) is 1. The molecule has 5 nitrogen and oxygen atoms in total. The molecule has 2 atom stereocenters. The Bertz CT molecular complexity index is 600. The Hall–Kier alpha value is -2.25. The second-order valence-electron chi connectivity index (χ2n) is 6.41. The number of halogens is 3. The molecule has 140 valence electrons. The number of alkyl halides is 3. The third-order valence-electron chi connectivity index (χ3n) is 3.86. The zero-order chi connectivity index (χ0) is 19.4. The lowest BCUT2D eigenvalue weighted by atomic mass is 9.95. The minimum absolute atomic E-state index is 0.0268. The minimum Gasteiger partial charge on any atom is -0.481 e. The van der Waals surface area contributed by atoms with Crippen molar-refractivity contribution in [3.8, 4) is 0 Å². The largest absolute Gasteiger partial charge is 0.481 e. The molecule has 8 heteroatoms. The highest BCUT2D eigenvalue weighted by atomic mass is 19.4. The van der Waals surface area contributed by atoms with Crippen LogP contribution in [0.2, 0.25) is 0 Å². The number of aliphatic carboxylic acids is 1. The highest BCUT2D eigenvalue weighted by molar-refractivity contribution is 5.76. The van der Waals surface area contributed by atoms with Gasteiger partial charge in [0.1, 0.15) is 0 Å². The Morgan fingerprint density at radius 3 is 2.08 bits per heavy atom. The van der Waals surface area contributed by atoms with E-state index in [9.17, 15) is 22.8 Å². The van der Waals surface area contributed by atoms with Crippen LogP contribution in [0.3, 0.4) is 0 Å². The van der Waals surface area contributed by atoms with Crippen molar-refractivity contribution in [2.24, 2.45) is 11.8 Å². The predicted molar refractivity (Wildman–Crippen MR) is 87.0 cm³/mol. The number of carbonyl (C=O) groups excluding carboxylic acids is 1. The van der Waals surface area contributed by atoms with Gasteiger partial charge in [0.05, 0.1) is 17.5 Å². The average Bonchev–Trinajstić information content (AvgIpc) is 2.51. The molecular weight excluding hydrogens is 337 g/mol. The highest BCUT2D eigenvalue weighted by Gasteiger charge is 2.30. The van der Waals surface area contributed by atoms with Crippen LogP contribution in [0.15, 0.2) is 24.3 Å². The van der Waals surface area contributed by atoms with Gasteiger partial charge in [-0.25, -0.2) is 4.79 Å². The molecule has 0 aliphatic rings. The molecule has 0 heterocycles. The highest BCUT2D eigenvalue weighted by Crippen LogP contribution is 2.31. The van der Waals surface area contributed by atoms with Crippen LogP contribution in [0.25, 0.3) is 0 Å². The molecule has 0 aliphatic heterocycles. The molecule has 0 aliphatic carbocycles. The smallest absolute Gasteiger partial charge is 0.416 e. The summed E-state index contributed by atoms with van der Waals surface area (Å²) in [6, 6.07) is 3.67. The van der Waals surface area contributed by atoms with Gasteiger partial charge in [0, 0.05) is 13.6 Å². The molecule has 1 rings (SSSR count). The van der Waals surface area contributed by atoms with Crippen LogP contribution >= 0.6 is 0 Å². The van der Waals surface area contributed by atoms with Gasteiger partial charge in [-0.05, 0) is 23.6 Å². The summed E-state index contributed by atoms with van der Waals surface area (Å²) in [5.41, 5.74) is -0.200. The number of nitrogens with one attached hydrogen (secondary N) is 1. The molecule has 0 saturated heterocycles. The first kappa shape index (κ1) is 20.8. The number of amides is 2. The van der Waals surface area contributed by atoms with E-state index in [-0.39, 0.29) is 12.5 Å². The molecule has 2 N–H and O–H groups in total. The maximum absolute atomic E-state index is 12.7. The normalized spacial score (nSPS) is 14.1. The molecule has 1 aromatic carbocycles. The lowest BCUT2D eigenvalue weighted by molar-refractivity contribution is -0.141. The summed E-state index contributed by atoms with van der Waals surface area (Å²) in [7, 11) is 1.47. The lowest BCUT2D eigenvalue weighted by Gasteiger charge is -2.27. The first-order valence-electron chi connectivity index (χ1n) is 7.85. The number of carboxylic acid groups (broad SMARTS) is 1. The van der Waals surface area contributed by atoms with Crippen LogP contribution in [0, 0.1) is 11.8 Å². The van der Waals surface area contributed by atoms with Crippen LogP contribution in [-0.2, 0) is 11.0 Å². The van der Waals surface area contributed by atoms with Crippen LogP contribution in [0.1, 0.15) is 37.9 Å². The van der Waals surface area contributed by atoms with E-state index < -0.39 is 35.7 Å². The van der Waals surface area contributed by atoms with Crippen molar-refractivity contribution < 1.29 is 27.9 Å². The number of hydrogen-bond acceptors (Lipinski definition) is 2. The van der Waals surface area contributed by atoms with Gasteiger partial charge >= 0.3 is 18.2 Å². The summed E-state index contributed by atoms with van der Waals surface area (Å²) in [5.74, 6) is -1.80. The zero-order valence-corrected chi connectivity index (χ0v) is 14.6. The number of rotatable bonds is 6. The van der Waals surface area contributed by atoms with Gasteiger partial charge < -0.3 is 15.3 Å². The van der Waals surface area contributed by atoms with Crippen molar-refractivity contribution in [1.29, 1.82) is 0 Å². The summed E-state index contributed by atoms with van der Waals surface area (Å²) in [6.45, 7) is 5.19. The summed E-state index contributed by atoms with van der Waals surface area (Å²) in [5, 5.41) is 11.7. The number of hydrogen-bond donors (Lipinski definition) is 2. The minimum atomic E-state index is -4.41. The molecule has 0 saturated carbocycles. The Labute approximate surface area is 144 Å². The summed E-state index contributed by atoms with van der Waals surface area (Å²) in [4.78, 5) is 24.4.